The van der Waals surface area contributed by atoms with Gasteiger partial charge in [-0.05, 0) is 18.2 Å². The number of carbonyl (C=O) groups is 1. The van der Waals surface area contributed by atoms with E-state index in [-0.39, 0.29) is 12.4 Å². The molecule has 0 aliphatic rings. The highest BCUT2D eigenvalue weighted by Gasteiger charge is 1.99. The van der Waals surface area contributed by atoms with Gasteiger partial charge in [-0.1, -0.05) is 11.8 Å². The fourth-order valence-electron chi connectivity index (χ4n) is 0.975. The predicted molar refractivity (Wildman–Crippen MR) is 52.1 cm³/mol. The Morgan fingerprint density at radius 3 is 2.86 bits per heavy atom. The van der Waals surface area contributed by atoms with Crippen LogP contribution in [0.4, 0.5) is 0 Å². The summed E-state index contributed by atoms with van der Waals surface area (Å²) in [5.74, 6) is 5.49. The first-order chi connectivity index (χ1) is 6.77. The molecule has 14 heavy (non-hydrogen) atoms. The largest absolute Gasteiger partial charge is 0.508 e. The molecule has 3 heteroatoms. The van der Waals surface area contributed by atoms with Crippen LogP contribution in [0, 0.1) is 11.8 Å². The van der Waals surface area contributed by atoms with Crippen LogP contribution in [0.25, 0.3) is 0 Å². The monoisotopic (exact) mass is 190 g/mol. The number of aldehydes is 1. The highest BCUT2D eigenvalue weighted by molar-refractivity contribution is 5.80. The van der Waals surface area contributed by atoms with Gasteiger partial charge in [-0.15, -0.1) is 0 Å². The molecule has 1 aromatic rings. The molecule has 0 saturated carbocycles. The molecule has 3 nitrogen and oxygen atoms in total. The van der Waals surface area contributed by atoms with Crippen molar-refractivity contribution < 1.29 is 15.0 Å². The van der Waals surface area contributed by atoms with Crippen LogP contribution in [-0.4, -0.2) is 23.1 Å². The van der Waals surface area contributed by atoms with Gasteiger partial charge in [-0.3, -0.25) is 4.79 Å². The zero-order chi connectivity index (χ0) is 10.4. The van der Waals surface area contributed by atoms with Crippen LogP contribution in [-0.2, 0) is 0 Å². The number of phenolic OH excluding ortho intramolecular Hbond substituents is 1. The summed E-state index contributed by atoms with van der Waals surface area (Å²) in [5, 5.41) is 17.6. The van der Waals surface area contributed by atoms with Crippen LogP contribution in [0.5, 0.6) is 5.75 Å². The second-order valence-electron chi connectivity index (χ2n) is 2.66. The van der Waals surface area contributed by atoms with E-state index in [1.807, 2.05) is 0 Å². The van der Waals surface area contributed by atoms with E-state index in [1.165, 1.54) is 12.1 Å². The molecule has 0 aliphatic heterocycles. The van der Waals surface area contributed by atoms with E-state index in [0.717, 1.165) is 0 Å². The fourth-order valence-corrected chi connectivity index (χ4v) is 0.975. The van der Waals surface area contributed by atoms with Crippen LogP contribution in [0.15, 0.2) is 18.2 Å². The van der Waals surface area contributed by atoms with E-state index in [2.05, 4.69) is 11.8 Å². The molecule has 2 N–H and O–H groups in total. The summed E-state index contributed by atoms with van der Waals surface area (Å²) in [6.07, 6.45) is 1.02. The smallest absolute Gasteiger partial charge is 0.151 e. The van der Waals surface area contributed by atoms with Gasteiger partial charge in [0.15, 0.2) is 6.29 Å². The van der Waals surface area contributed by atoms with Crippen LogP contribution in [0.2, 0.25) is 0 Å². The maximum Gasteiger partial charge on any atom is 0.151 e. The van der Waals surface area contributed by atoms with Gasteiger partial charge in [0, 0.05) is 17.5 Å². The summed E-state index contributed by atoms with van der Waals surface area (Å²) in [6.45, 7) is 0.00149. The second-order valence-corrected chi connectivity index (χ2v) is 2.66. The summed E-state index contributed by atoms with van der Waals surface area (Å²) in [5.41, 5.74) is 0.918. The zero-order valence-corrected chi connectivity index (χ0v) is 7.53. The number of carbonyl (C=O) groups excluding carboxylic acids is 1. The SMILES string of the molecule is O=Cc1cc(O)ccc1C#CCCO. The van der Waals surface area contributed by atoms with Crippen LogP contribution < -0.4 is 0 Å². The number of phenols is 1. The van der Waals surface area contributed by atoms with Crippen LogP contribution in [0.3, 0.4) is 0 Å². The van der Waals surface area contributed by atoms with Crippen molar-refractivity contribution in [2.24, 2.45) is 0 Å². The first-order valence-corrected chi connectivity index (χ1v) is 4.16. The van der Waals surface area contributed by atoms with Crippen molar-refractivity contribution in [3.05, 3.63) is 29.3 Å². The van der Waals surface area contributed by atoms with Crippen molar-refractivity contribution in [3.63, 3.8) is 0 Å². The number of hydrogen-bond donors (Lipinski definition) is 2. The highest BCUT2D eigenvalue weighted by Crippen LogP contribution is 2.13. The fraction of sp³-hybridized carbons (Fsp3) is 0.182. The van der Waals surface area contributed by atoms with E-state index in [9.17, 15) is 4.79 Å². The third kappa shape index (κ3) is 2.61. The standard InChI is InChI=1S/C11H10O3/c12-6-2-1-3-9-4-5-11(14)7-10(9)8-13/h4-5,7-8,12,14H,2,6H2. The number of aliphatic hydroxyl groups is 1. The molecule has 0 aromatic heterocycles. The predicted octanol–water partition coefficient (Wildman–Crippen LogP) is 0.939. The zero-order valence-electron chi connectivity index (χ0n) is 7.53. The summed E-state index contributed by atoms with van der Waals surface area (Å²) in [6, 6.07) is 4.40. The van der Waals surface area contributed by atoms with Gasteiger partial charge in [0.25, 0.3) is 0 Å². The molecule has 0 amide bonds. The van der Waals surface area contributed by atoms with Gasteiger partial charge >= 0.3 is 0 Å². The van der Waals surface area contributed by atoms with Crippen LogP contribution >= 0.6 is 0 Å². The first kappa shape index (κ1) is 10.3. The molecule has 0 spiro atoms. The molecule has 72 valence electrons. The van der Waals surface area contributed by atoms with Gasteiger partial charge in [0.2, 0.25) is 0 Å². The average molecular weight is 190 g/mol. The second kappa shape index (κ2) is 5.05. The molecule has 0 saturated heterocycles. The van der Waals surface area contributed by atoms with Gasteiger partial charge in [-0.2, -0.15) is 0 Å². The molecular weight excluding hydrogens is 180 g/mol. The number of aliphatic hydroxyl groups excluding tert-OH is 1. The average Bonchev–Trinajstić information content (AvgIpc) is 2.20. The van der Waals surface area contributed by atoms with Gasteiger partial charge in [-0.25, -0.2) is 0 Å². The van der Waals surface area contributed by atoms with Gasteiger partial charge in [0.1, 0.15) is 5.75 Å². The Bertz CT molecular complexity index is 385. The van der Waals surface area contributed by atoms with Gasteiger partial charge < -0.3 is 10.2 Å². The lowest BCUT2D eigenvalue weighted by molar-refractivity contribution is 0.112. The minimum atomic E-state index is 0.00149. The summed E-state index contributed by atoms with van der Waals surface area (Å²) in [7, 11) is 0. The Hall–Kier alpha value is -1.79. The highest BCUT2D eigenvalue weighted by atomic mass is 16.3. The number of hydrogen-bond acceptors (Lipinski definition) is 3. The Kier molecular flexibility index (Phi) is 3.71. The first-order valence-electron chi connectivity index (χ1n) is 4.16. The molecule has 0 unspecified atom stereocenters. The van der Waals surface area contributed by atoms with Crippen LogP contribution in [0.1, 0.15) is 22.3 Å². The number of rotatable bonds is 2. The van der Waals surface area contributed by atoms with Gasteiger partial charge in [0.05, 0.1) is 6.61 Å². The van der Waals surface area contributed by atoms with Crippen molar-refractivity contribution in [1.82, 2.24) is 0 Å². The lowest BCUT2D eigenvalue weighted by atomic mass is 10.1. The molecule has 0 heterocycles. The molecule has 0 aliphatic carbocycles. The van der Waals surface area contributed by atoms with Crippen molar-refractivity contribution in [2.75, 3.05) is 6.61 Å². The summed E-state index contributed by atoms with van der Waals surface area (Å²) >= 11 is 0. The van der Waals surface area contributed by atoms with E-state index < -0.39 is 0 Å². The lowest BCUT2D eigenvalue weighted by Crippen LogP contribution is -1.86. The summed E-state index contributed by atoms with van der Waals surface area (Å²) in [4.78, 5) is 10.6. The molecule has 0 atom stereocenters. The molecule has 1 rings (SSSR count). The van der Waals surface area contributed by atoms with Crippen molar-refractivity contribution in [2.45, 2.75) is 6.42 Å². The summed E-state index contributed by atoms with van der Waals surface area (Å²) < 4.78 is 0. The quantitative estimate of drug-likeness (QED) is 0.539. The molecule has 0 bridgehead atoms. The van der Waals surface area contributed by atoms with E-state index in [0.29, 0.717) is 23.8 Å². The Morgan fingerprint density at radius 2 is 2.21 bits per heavy atom. The third-order valence-corrected chi connectivity index (χ3v) is 1.62. The lowest BCUT2D eigenvalue weighted by Gasteiger charge is -1.96. The maximum absolute atomic E-state index is 10.6. The number of aromatic hydroxyl groups is 1. The van der Waals surface area contributed by atoms with E-state index >= 15 is 0 Å². The Morgan fingerprint density at radius 1 is 1.43 bits per heavy atom. The minimum Gasteiger partial charge on any atom is -0.508 e. The Labute approximate surface area is 82.0 Å². The molecule has 0 fully saturated rings. The minimum absolute atomic E-state index is 0.00149. The Balaban J connectivity index is 2.98. The van der Waals surface area contributed by atoms with Crippen molar-refractivity contribution >= 4 is 6.29 Å². The molecule has 1 aromatic carbocycles. The van der Waals surface area contributed by atoms with Crippen molar-refractivity contribution in [1.29, 1.82) is 0 Å². The molecule has 0 radical (unpaired) electrons. The van der Waals surface area contributed by atoms with E-state index in [1.54, 1.807) is 6.07 Å². The molecular formula is C11H10O3. The third-order valence-electron chi connectivity index (χ3n) is 1.62. The van der Waals surface area contributed by atoms with Crippen molar-refractivity contribution in [3.8, 4) is 17.6 Å². The normalized spacial score (nSPS) is 8.93. The number of benzene rings is 1. The maximum atomic E-state index is 10.6. The van der Waals surface area contributed by atoms with E-state index in [4.69, 9.17) is 10.2 Å². The topological polar surface area (TPSA) is 57.5 Å².